The molecule has 2 aromatic rings. The first-order valence-corrected chi connectivity index (χ1v) is 7.59. The van der Waals surface area contributed by atoms with Crippen LogP contribution >= 0.6 is 0 Å². The van der Waals surface area contributed by atoms with Crippen molar-refractivity contribution in [3.8, 4) is 17.2 Å². The van der Waals surface area contributed by atoms with E-state index in [1.165, 1.54) is 6.08 Å². The Morgan fingerprint density at radius 1 is 1.00 bits per heavy atom. The molecule has 25 heavy (non-hydrogen) atoms. The Kier molecular flexibility index (Phi) is 6.86. The van der Waals surface area contributed by atoms with E-state index >= 15 is 0 Å². The number of hydrogen-bond donors (Lipinski definition) is 1. The molecular weight excluding hydrogens is 322 g/mol. The van der Waals surface area contributed by atoms with Crippen molar-refractivity contribution >= 4 is 17.7 Å². The number of carbonyl (C=O) groups is 1. The van der Waals surface area contributed by atoms with Gasteiger partial charge in [-0.2, -0.15) is 0 Å². The monoisotopic (exact) mass is 343 g/mol. The molecule has 0 heterocycles. The molecule has 1 N–H and O–H groups in total. The molecule has 0 spiro atoms. The lowest BCUT2D eigenvalue weighted by atomic mass is 10.2. The van der Waals surface area contributed by atoms with E-state index in [0.29, 0.717) is 22.9 Å². The number of ether oxygens (including phenoxy) is 4. The Morgan fingerprint density at radius 2 is 1.72 bits per heavy atom. The zero-order valence-corrected chi connectivity index (χ0v) is 14.4. The van der Waals surface area contributed by atoms with Crippen LogP contribution < -0.4 is 19.5 Å². The van der Waals surface area contributed by atoms with Gasteiger partial charge in [-0.15, -0.1) is 0 Å². The molecule has 0 atom stereocenters. The molecule has 6 nitrogen and oxygen atoms in total. The second-order valence-electron chi connectivity index (χ2n) is 5.01. The summed E-state index contributed by atoms with van der Waals surface area (Å²) in [5, 5.41) is 2.77. The van der Waals surface area contributed by atoms with Crippen molar-refractivity contribution in [1.82, 2.24) is 0 Å². The van der Waals surface area contributed by atoms with Crippen LogP contribution in [0.1, 0.15) is 5.56 Å². The van der Waals surface area contributed by atoms with Gasteiger partial charge in [0.2, 0.25) is 5.91 Å². The molecule has 132 valence electrons. The molecular formula is C19H21NO5. The van der Waals surface area contributed by atoms with Crippen LogP contribution in [0.2, 0.25) is 0 Å². The highest BCUT2D eigenvalue weighted by molar-refractivity contribution is 6.02. The van der Waals surface area contributed by atoms with Gasteiger partial charge in [0, 0.05) is 19.3 Å². The van der Waals surface area contributed by atoms with Crippen molar-refractivity contribution in [2.45, 2.75) is 0 Å². The fraction of sp³-hybridized carbons (Fsp3) is 0.211. The van der Waals surface area contributed by atoms with Gasteiger partial charge < -0.3 is 24.3 Å². The van der Waals surface area contributed by atoms with Crippen LogP contribution in [0, 0.1) is 0 Å². The molecule has 0 unspecified atom stereocenters. The topological polar surface area (TPSA) is 66.0 Å². The first-order valence-electron chi connectivity index (χ1n) is 7.59. The summed E-state index contributed by atoms with van der Waals surface area (Å²) in [7, 11) is 4.67. The SMILES string of the molecule is COCOc1ccc(/C=C/C(=O)Nc2cc(OC)ccc2OC)cc1. The van der Waals surface area contributed by atoms with E-state index in [1.54, 1.807) is 45.6 Å². The number of methoxy groups -OCH3 is 3. The third kappa shape index (κ3) is 5.54. The van der Waals surface area contributed by atoms with Gasteiger partial charge in [0.25, 0.3) is 0 Å². The van der Waals surface area contributed by atoms with Gasteiger partial charge in [-0.3, -0.25) is 4.79 Å². The Morgan fingerprint density at radius 3 is 2.36 bits per heavy atom. The van der Waals surface area contributed by atoms with E-state index in [9.17, 15) is 4.79 Å². The minimum Gasteiger partial charge on any atom is -0.497 e. The third-order valence-corrected chi connectivity index (χ3v) is 3.32. The predicted octanol–water partition coefficient (Wildman–Crippen LogP) is 3.34. The second-order valence-corrected chi connectivity index (χ2v) is 5.01. The first kappa shape index (κ1) is 18.4. The van der Waals surface area contributed by atoms with Crippen molar-refractivity contribution in [3.05, 3.63) is 54.1 Å². The van der Waals surface area contributed by atoms with Crippen molar-refractivity contribution in [3.63, 3.8) is 0 Å². The van der Waals surface area contributed by atoms with Gasteiger partial charge in [0.05, 0.1) is 19.9 Å². The van der Waals surface area contributed by atoms with Crippen LogP contribution in [0.15, 0.2) is 48.5 Å². The van der Waals surface area contributed by atoms with E-state index in [1.807, 2.05) is 24.3 Å². The van der Waals surface area contributed by atoms with Gasteiger partial charge in [0.15, 0.2) is 6.79 Å². The average molecular weight is 343 g/mol. The number of rotatable bonds is 8. The zero-order chi connectivity index (χ0) is 18.1. The molecule has 2 rings (SSSR count). The summed E-state index contributed by atoms with van der Waals surface area (Å²) in [5.74, 6) is 1.62. The second kappa shape index (κ2) is 9.34. The molecule has 0 aliphatic carbocycles. The standard InChI is InChI=1S/C19H21NO5/c1-22-13-25-15-7-4-14(5-8-15)6-11-19(21)20-17-12-16(23-2)9-10-18(17)24-3/h4-12H,13H2,1-3H3,(H,20,21)/b11-6+. The maximum Gasteiger partial charge on any atom is 0.248 e. The number of amides is 1. The fourth-order valence-corrected chi connectivity index (χ4v) is 2.06. The molecule has 0 fully saturated rings. The summed E-state index contributed by atoms with van der Waals surface area (Å²) < 4.78 is 20.5. The van der Waals surface area contributed by atoms with Crippen molar-refractivity contribution < 1.29 is 23.7 Å². The van der Waals surface area contributed by atoms with Gasteiger partial charge in [-0.25, -0.2) is 0 Å². The summed E-state index contributed by atoms with van der Waals surface area (Å²) in [6.07, 6.45) is 3.16. The Hall–Kier alpha value is -2.99. The van der Waals surface area contributed by atoms with Crippen molar-refractivity contribution in [2.75, 3.05) is 33.4 Å². The molecule has 0 bridgehead atoms. The Balaban J connectivity index is 2.01. The van der Waals surface area contributed by atoms with E-state index in [-0.39, 0.29) is 12.7 Å². The van der Waals surface area contributed by atoms with Gasteiger partial charge in [0.1, 0.15) is 17.2 Å². The smallest absolute Gasteiger partial charge is 0.248 e. The lowest BCUT2D eigenvalue weighted by molar-refractivity contribution is -0.111. The van der Waals surface area contributed by atoms with Gasteiger partial charge >= 0.3 is 0 Å². The van der Waals surface area contributed by atoms with E-state index in [4.69, 9.17) is 18.9 Å². The first-order chi connectivity index (χ1) is 12.2. The fourth-order valence-electron chi connectivity index (χ4n) is 2.06. The summed E-state index contributed by atoms with van der Waals surface area (Å²) in [6.45, 7) is 0.194. The normalized spacial score (nSPS) is 10.5. The quantitative estimate of drug-likeness (QED) is 0.588. The Bertz CT molecular complexity index is 725. The van der Waals surface area contributed by atoms with Crippen molar-refractivity contribution in [1.29, 1.82) is 0 Å². The highest BCUT2D eigenvalue weighted by Crippen LogP contribution is 2.28. The average Bonchev–Trinajstić information content (AvgIpc) is 2.65. The molecule has 0 radical (unpaired) electrons. The Labute approximate surface area is 147 Å². The van der Waals surface area contributed by atoms with Crippen LogP contribution in [-0.2, 0) is 9.53 Å². The number of hydrogen-bond acceptors (Lipinski definition) is 5. The summed E-state index contributed by atoms with van der Waals surface area (Å²) in [6, 6.07) is 12.5. The van der Waals surface area contributed by atoms with Gasteiger partial charge in [-0.05, 0) is 35.9 Å². The van der Waals surface area contributed by atoms with Crippen LogP contribution in [0.4, 0.5) is 5.69 Å². The summed E-state index contributed by atoms with van der Waals surface area (Å²) >= 11 is 0. The highest BCUT2D eigenvalue weighted by Gasteiger charge is 2.07. The third-order valence-electron chi connectivity index (χ3n) is 3.32. The van der Waals surface area contributed by atoms with Crippen LogP contribution in [-0.4, -0.2) is 34.0 Å². The summed E-state index contributed by atoms with van der Waals surface area (Å²) in [5.41, 5.74) is 1.41. The summed E-state index contributed by atoms with van der Waals surface area (Å²) in [4.78, 5) is 12.1. The molecule has 0 saturated carbocycles. The number of nitrogens with one attached hydrogen (secondary N) is 1. The molecule has 0 saturated heterocycles. The minimum absolute atomic E-state index is 0.194. The molecule has 0 aliphatic heterocycles. The predicted molar refractivity (Wildman–Crippen MR) is 96.2 cm³/mol. The minimum atomic E-state index is -0.272. The lowest BCUT2D eigenvalue weighted by Gasteiger charge is -2.10. The largest absolute Gasteiger partial charge is 0.497 e. The van der Waals surface area contributed by atoms with Crippen LogP contribution in [0.5, 0.6) is 17.2 Å². The van der Waals surface area contributed by atoms with E-state index < -0.39 is 0 Å². The van der Waals surface area contributed by atoms with Crippen LogP contribution in [0.25, 0.3) is 6.08 Å². The zero-order valence-electron chi connectivity index (χ0n) is 14.4. The molecule has 1 amide bonds. The lowest BCUT2D eigenvalue weighted by Crippen LogP contribution is -2.09. The molecule has 0 aromatic heterocycles. The van der Waals surface area contributed by atoms with Gasteiger partial charge in [-0.1, -0.05) is 12.1 Å². The molecule has 6 heteroatoms. The maximum absolute atomic E-state index is 12.1. The molecule has 0 aliphatic rings. The molecule has 2 aromatic carbocycles. The maximum atomic E-state index is 12.1. The number of carbonyl (C=O) groups excluding carboxylic acids is 1. The number of benzene rings is 2. The van der Waals surface area contributed by atoms with Crippen molar-refractivity contribution in [2.24, 2.45) is 0 Å². The van der Waals surface area contributed by atoms with E-state index in [0.717, 1.165) is 5.56 Å². The highest BCUT2D eigenvalue weighted by atomic mass is 16.7. The van der Waals surface area contributed by atoms with E-state index in [2.05, 4.69) is 5.32 Å². The van der Waals surface area contributed by atoms with Crippen LogP contribution in [0.3, 0.4) is 0 Å². The number of anilines is 1.